The van der Waals surface area contributed by atoms with E-state index in [1.807, 2.05) is 32.0 Å². The Hall–Kier alpha value is -2.69. The lowest BCUT2D eigenvalue weighted by Gasteiger charge is -2.11. The molecule has 0 radical (unpaired) electrons. The summed E-state index contributed by atoms with van der Waals surface area (Å²) in [6.45, 7) is 3.66. The molecule has 0 saturated carbocycles. The van der Waals surface area contributed by atoms with E-state index in [9.17, 15) is 14.9 Å². The molecule has 0 aliphatic rings. The minimum atomic E-state index is -0.525. The van der Waals surface area contributed by atoms with E-state index in [4.69, 9.17) is 4.74 Å². The Morgan fingerprint density at radius 2 is 1.76 bits per heavy atom. The predicted octanol–water partition coefficient (Wildman–Crippen LogP) is 3.47. The van der Waals surface area contributed by atoms with Crippen LogP contribution in [0, 0.1) is 24.0 Å². The monoisotopic (exact) mass is 285 g/mol. The van der Waals surface area contributed by atoms with Crippen LogP contribution >= 0.6 is 0 Å². The van der Waals surface area contributed by atoms with Gasteiger partial charge in [-0.15, -0.1) is 0 Å². The fraction of sp³-hybridized carbons (Fsp3) is 0.188. The average molecular weight is 285 g/mol. The zero-order valence-corrected chi connectivity index (χ0v) is 11.8. The van der Waals surface area contributed by atoms with Gasteiger partial charge in [-0.25, -0.2) is 0 Å². The van der Waals surface area contributed by atoms with Crippen LogP contribution in [0.25, 0.3) is 0 Å². The first kappa shape index (κ1) is 14.7. The number of ketones is 1. The highest BCUT2D eigenvalue weighted by Crippen LogP contribution is 2.22. The number of nitro benzene ring substituents is 1. The Labute approximate surface area is 122 Å². The summed E-state index contributed by atoms with van der Waals surface area (Å²) in [4.78, 5) is 22.3. The lowest BCUT2D eigenvalue weighted by atomic mass is 10.1. The molecule has 0 aromatic heterocycles. The number of nitro groups is 1. The smallest absolute Gasteiger partial charge is 0.270 e. The third-order valence-corrected chi connectivity index (χ3v) is 3.14. The molecule has 0 heterocycles. The van der Waals surface area contributed by atoms with Gasteiger partial charge in [0.25, 0.3) is 5.69 Å². The second-order valence-electron chi connectivity index (χ2n) is 4.74. The molecule has 0 aliphatic heterocycles. The summed E-state index contributed by atoms with van der Waals surface area (Å²) in [5.74, 6) is 0.387. The van der Waals surface area contributed by atoms with Gasteiger partial charge in [-0.05, 0) is 25.0 Å². The predicted molar refractivity (Wildman–Crippen MR) is 78.8 cm³/mol. The molecule has 0 unspecified atom stereocenters. The largest absolute Gasteiger partial charge is 0.485 e. The number of Topliss-reactive ketones (excluding diaryl/α,β-unsaturated/α-hetero) is 1. The Morgan fingerprint density at radius 1 is 1.14 bits per heavy atom. The Morgan fingerprint density at radius 3 is 2.38 bits per heavy atom. The third-order valence-electron chi connectivity index (χ3n) is 3.14. The molecule has 2 aromatic rings. The number of para-hydroxylation sites is 1. The minimum absolute atomic E-state index is 0.104. The normalized spacial score (nSPS) is 10.2. The molecule has 5 nitrogen and oxygen atoms in total. The number of ether oxygens (including phenoxy) is 1. The van der Waals surface area contributed by atoms with Gasteiger partial charge in [0.2, 0.25) is 0 Å². The molecule has 0 saturated heterocycles. The van der Waals surface area contributed by atoms with Crippen molar-refractivity contribution in [1.29, 1.82) is 0 Å². The fourth-order valence-electron chi connectivity index (χ4n) is 2.04. The molecule has 0 bridgehead atoms. The highest BCUT2D eigenvalue weighted by molar-refractivity contribution is 5.97. The van der Waals surface area contributed by atoms with Gasteiger partial charge >= 0.3 is 0 Å². The van der Waals surface area contributed by atoms with E-state index in [-0.39, 0.29) is 23.6 Å². The second-order valence-corrected chi connectivity index (χ2v) is 4.74. The van der Waals surface area contributed by atoms with Crippen LogP contribution in [0.3, 0.4) is 0 Å². The van der Waals surface area contributed by atoms with E-state index >= 15 is 0 Å². The fourth-order valence-corrected chi connectivity index (χ4v) is 2.04. The summed E-state index contributed by atoms with van der Waals surface area (Å²) >= 11 is 0. The van der Waals surface area contributed by atoms with Crippen LogP contribution in [0.1, 0.15) is 21.5 Å². The maximum Gasteiger partial charge on any atom is 0.270 e. The molecular weight excluding hydrogens is 270 g/mol. The number of aryl methyl sites for hydroxylation is 2. The minimum Gasteiger partial charge on any atom is -0.485 e. The zero-order chi connectivity index (χ0) is 15.4. The summed E-state index contributed by atoms with van der Waals surface area (Å²) in [5.41, 5.74) is 2.06. The number of non-ortho nitro benzene ring substituents is 1. The van der Waals surface area contributed by atoms with Gasteiger partial charge in [-0.1, -0.05) is 30.3 Å². The number of carbonyl (C=O) groups excluding carboxylic acids is 1. The lowest BCUT2D eigenvalue weighted by molar-refractivity contribution is -0.384. The van der Waals surface area contributed by atoms with Crippen molar-refractivity contribution < 1.29 is 14.5 Å². The highest BCUT2D eigenvalue weighted by atomic mass is 16.6. The number of benzene rings is 2. The number of hydrogen-bond acceptors (Lipinski definition) is 4. The number of rotatable bonds is 5. The molecule has 5 heteroatoms. The standard InChI is InChI=1S/C16H15NO4/c1-11-5-3-6-12(2)16(11)21-10-15(18)13-7-4-8-14(9-13)17(19)20/h3-9H,10H2,1-2H3. The maximum atomic E-state index is 12.1. The molecular formula is C16H15NO4. The van der Waals surface area contributed by atoms with E-state index in [0.717, 1.165) is 11.1 Å². The van der Waals surface area contributed by atoms with Gasteiger partial charge in [0, 0.05) is 17.7 Å². The van der Waals surface area contributed by atoms with Crippen molar-refractivity contribution in [2.75, 3.05) is 6.61 Å². The maximum absolute atomic E-state index is 12.1. The Kier molecular flexibility index (Phi) is 4.33. The van der Waals surface area contributed by atoms with Crippen molar-refractivity contribution in [3.05, 3.63) is 69.3 Å². The van der Waals surface area contributed by atoms with Crippen LogP contribution in [0.15, 0.2) is 42.5 Å². The highest BCUT2D eigenvalue weighted by Gasteiger charge is 2.13. The summed E-state index contributed by atoms with van der Waals surface area (Å²) < 4.78 is 5.56. The summed E-state index contributed by atoms with van der Waals surface area (Å²) in [5, 5.41) is 10.7. The zero-order valence-electron chi connectivity index (χ0n) is 11.8. The first-order chi connectivity index (χ1) is 9.99. The molecule has 21 heavy (non-hydrogen) atoms. The van der Waals surface area contributed by atoms with Crippen LogP contribution in [0.4, 0.5) is 5.69 Å². The quantitative estimate of drug-likeness (QED) is 0.479. The second kappa shape index (κ2) is 6.17. The molecule has 0 spiro atoms. The summed E-state index contributed by atoms with van der Waals surface area (Å²) in [7, 11) is 0. The van der Waals surface area contributed by atoms with Crippen molar-refractivity contribution >= 4 is 11.5 Å². The van der Waals surface area contributed by atoms with Gasteiger partial charge in [0.05, 0.1) is 4.92 Å². The van der Waals surface area contributed by atoms with Crippen LogP contribution in [-0.4, -0.2) is 17.3 Å². The van der Waals surface area contributed by atoms with E-state index < -0.39 is 4.92 Å². The lowest BCUT2D eigenvalue weighted by Crippen LogP contribution is -2.13. The van der Waals surface area contributed by atoms with E-state index in [2.05, 4.69) is 0 Å². The van der Waals surface area contributed by atoms with Crippen molar-refractivity contribution in [3.8, 4) is 5.75 Å². The van der Waals surface area contributed by atoms with Gasteiger partial charge in [-0.3, -0.25) is 14.9 Å². The van der Waals surface area contributed by atoms with Gasteiger partial charge < -0.3 is 4.74 Å². The van der Waals surface area contributed by atoms with Gasteiger partial charge in [0.15, 0.2) is 12.4 Å². The van der Waals surface area contributed by atoms with E-state index in [0.29, 0.717) is 5.75 Å². The molecule has 0 N–H and O–H groups in total. The van der Waals surface area contributed by atoms with Crippen LogP contribution < -0.4 is 4.74 Å². The van der Waals surface area contributed by atoms with Crippen LogP contribution in [-0.2, 0) is 0 Å². The molecule has 0 atom stereocenters. The number of hydrogen-bond donors (Lipinski definition) is 0. The molecule has 2 rings (SSSR count). The van der Waals surface area contributed by atoms with Gasteiger partial charge in [0.1, 0.15) is 5.75 Å². The topological polar surface area (TPSA) is 69.4 Å². The van der Waals surface area contributed by atoms with Crippen LogP contribution in [0.2, 0.25) is 0 Å². The third kappa shape index (κ3) is 3.45. The summed E-state index contributed by atoms with van der Waals surface area (Å²) in [6.07, 6.45) is 0. The van der Waals surface area contributed by atoms with Crippen molar-refractivity contribution in [2.24, 2.45) is 0 Å². The van der Waals surface area contributed by atoms with Crippen molar-refractivity contribution in [3.63, 3.8) is 0 Å². The number of nitrogens with zero attached hydrogens (tertiary/aromatic N) is 1. The Bertz CT molecular complexity index is 674. The first-order valence-electron chi connectivity index (χ1n) is 6.45. The SMILES string of the molecule is Cc1cccc(C)c1OCC(=O)c1cccc([N+](=O)[O-])c1. The van der Waals surface area contributed by atoms with Crippen molar-refractivity contribution in [1.82, 2.24) is 0 Å². The molecule has 2 aromatic carbocycles. The molecule has 0 amide bonds. The Balaban J connectivity index is 2.12. The van der Waals surface area contributed by atoms with Gasteiger partial charge in [-0.2, -0.15) is 0 Å². The number of carbonyl (C=O) groups is 1. The van der Waals surface area contributed by atoms with Crippen LogP contribution in [0.5, 0.6) is 5.75 Å². The molecule has 0 fully saturated rings. The van der Waals surface area contributed by atoms with E-state index in [1.54, 1.807) is 6.07 Å². The molecule has 108 valence electrons. The van der Waals surface area contributed by atoms with Crippen molar-refractivity contribution in [2.45, 2.75) is 13.8 Å². The summed E-state index contributed by atoms with van der Waals surface area (Å²) in [6, 6.07) is 11.4. The van der Waals surface area contributed by atoms with E-state index in [1.165, 1.54) is 18.2 Å². The first-order valence-corrected chi connectivity index (χ1v) is 6.45. The average Bonchev–Trinajstić information content (AvgIpc) is 2.46. The molecule has 0 aliphatic carbocycles.